The van der Waals surface area contributed by atoms with Gasteiger partial charge in [-0.05, 0) is 20.8 Å². The van der Waals surface area contributed by atoms with E-state index in [0.29, 0.717) is 12.5 Å². The van der Waals surface area contributed by atoms with E-state index < -0.39 is 0 Å². The summed E-state index contributed by atoms with van der Waals surface area (Å²) in [4.78, 5) is 15.1. The molecule has 0 amide bonds. The molecule has 0 aliphatic rings. The van der Waals surface area contributed by atoms with Crippen LogP contribution in [0.1, 0.15) is 27.7 Å². The summed E-state index contributed by atoms with van der Waals surface area (Å²) in [6.07, 6.45) is 0. The van der Waals surface area contributed by atoms with Crippen molar-refractivity contribution in [2.24, 2.45) is 16.6 Å². The first-order chi connectivity index (χ1) is 6.76. The van der Waals surface area contributed by atoms with Crippen LogP contribution in [0.2, 0.25) is 0 Å². The fourth-order valence-electron chi connectivity index (χ4n) is 0.935. The van der Waals surface area contributed by atoms with Gasteiger partial charge in [0, 0.05) is 5.54 Å². The van der Waals surface area contributed by atoms with Gasteiger partial charge in [0.2, 0.25) is 0 Å². The highest BCUT2D eigenvalue weighted by Gasteiger charge is 2.13. The van der Waals surface area contributed by atoms with Gasteiger partial charge in [-0.15, -0.1) is 24.0 Å². The lowest BCUT2D eigenvalue weighted by Crippen LogP contribution is -2.45. The van der Waals surface area contributed by atoms with Crippen molar-refractivity contribution in [2.45, 2.75) is 33.2 Å². The number of nitrogens with two attached hydrogens (primary N) is 1. The number of hydrogen-bond donors (Lipinski definition) is 2. The van der Waals surface area contributed by atoms with Crippen molar-refractivity contribution in [3.63, 3.8) is 0 Å². The number of nitrogens with one attached hydrogen (secondary N) is 1. The number of methoxy groups -OCH3 is 1. The molecule has 0 saturated carbocycles. The van der Waals surface area contributed by atoms with Gasteiger partial charge < -0.3 is 15.8 Å². The molecule has 0 aliphatic heterocycles. The number of aliphatic imine (C=N–C) groups is 1. The number of nitrogens with zero attached hydrogens (tertiary/aromatic N) is 1. The summed E-state index contributed by atoms with van der Waals surface area (Å²) < 4.78 is 4.58. The van der Waals surface area contributed by atoms with Crippen molar-refractivity contribution in [2.75, 3.05) is 13.7 Å². The standard InChI is InChI=1S/C10H21N3O2.HI/c1-7(8(14)15-5)6-12-9(11)13-10(2,3)4;/h7H,6H2,1-5H3,(H3,11,12,13);1H. The number of carbonyl (C=O) groups is 1. The molecule has 0 rings (SSSR count). The quantitative estimate of drug-likeness (QED) is 0.348. The molecule has 0 saturated heterocycles. The lowest BCUT2D eigenvalue weighted by Gasteiger charge is -2.21. The third-order valence-corrected chi connectivity index (χ3v) is 1.64. The maximum absolute atomic E-state index is 11.1. The van der Waals surface area contributed by atoms with Crippen LogP contribution in [-0.4, -0.2) is 31.1 Å². The summed E-state index contributed by atoms with van der Waals surface area (Å²) in [5, 5.41) is 3.01. The molecule has 16 heavy (non-hydrogen) atoms. The van der Waals surface area contributed by atoms with E-state index in [1.54, 1.807) is 6.92 Å². The van der Waals surface area contributed by atoms with E-state index in [2.05, 4.69) is 15.0 Å². The third-order valence-electron chi connectivity index (χ3n) is 1.64. The Kier molecular flexibility index (Phi) is 8.59. The highest BCUT2D eigenvalue weighted by molar-refractivity contribution is 14.0. The smallest absolute Gasteiger partial charge is 0.310 e. The van der Waals surface area contributed by atoms with Crippen molar-refractivity contribution >= 4 is 35.9 Å². The van der Waals surface area contributed by atoms with E-state index in [9.17, 15) is 4.79 Å². The SMILES string of the molecule is COC(=O)C(C)CN=C(N)NC(C)(C)C.I. The van der Waals surface area contributed by atoms with Crippen LogP contribution in [0.15, 0.2) is 4.99 Å². The van der Waals surface area contributed by atoms with Gasteiger partial charge in [0.1, 0.15) is 0 Å². The molecule has 6 heteroatoms. The van der Waals surface area contributed by atoms with E-state index in [-0.39, 0.29) is 41.4 Å². The highest BCUT2D eigenvalue weighted by atomic mass is 127. The van der Waals surface area contributed by atoms with Crippen molar-refractivity contribution in [1.29, 1.82) is 0 Å². The predicted molar refractivity (Wildman–Crippen MR) is 76.0 cm³/mol. The maximum Gasteiger partial charge on any atom is 0.310 e. The molecule has 0 spiro atoms. The molecule has 0 radical (unpaired) electrons. The van der Waals surface area contributed by atoms with Crippen molar-refractivity contribution in [3.05, 3.63) is 0 Å². The highest BCUT2D eigenvalue weighted by Crippen LogP contribution is 2.00. The molecule has 0 aromatic heterocycles. The molecule has 1 atom stereocenters. The summed E-state index contributed by atoms with van der Waals surface area (Å²) in [5.41, 5.74) is 5.51. The molecule has 5 nitrogen and oxygen atoms in total. The molecule has 3 N–H and O–H groups in total. The number of rotatable bonds is 3. The Hall–Kier alpha value is -0.530. The minimum atomic E-state index is -0.276. The van der Waals surface area contributed by atoms with Crippen LogP contribution in [0.4, 0.5) is 0 Å². The van der Waals surface area contributed by atoms with E-state index in [0.717, 1.165) is 0 Å². The van der Waals surface area contributed by atoms with Crippen LogP contribution < -0.4 is 11.1 Å². The zero-order valence-corrected chi connectivity index (χ0v) is 12.9. The van der Waals surface area contributed by atoms with Gasteiger partial charge >= 0.3 is 5.97 Å². The zero-order chi connectivity index (χ0) is 12.1. The summed E-state index contributed by atoms with van der Waals surface area (Å²) >= 11 is 0. The van der Waals surface area contributed by atoms with Crippen molar-refractivity contribution in [3.8, 4) is 0 Å². The Morgan fingerprint density at radius 3 is 2.38 bits per heavy atom. The lowest BCUT2D eigenvalue weighted by molar-refractivity contribution is -0.144. The first-order valence-electron chi connectivity index (χ1n) is 4.92. The van der Waals surface area contributed by atoms with Crippen LogP contribution in [0, 0.1) is 5.92 Å². The van der Waals surface area contributed by atoms with Crippen LogP contribution in [0.5, 0.6) is 0 Å². The molecule has 0 aromatic carbocycles. The van der Waals surface area contributed by atoms with Gasteiger partial charge in [0.05, 0.1) is 19.6 Å². The van der Waals surface area contributed by atoms with Gasteiger partial charge in [-0.3, -0.25) is 9.79 Å². The Bertz CT molecular complexity index is 249. The summed E-state index contributed by atoms with van der Waals surface area (Å²) in [5.74, 6) is -0.198. The van der Waals surface area contributed by atoms with Gasteiger partial charge in [0.25, 0.3) is 0 Å². The van der Waals surface area contributed by atoms with Crippen LogP contribution in [0.3, 0.4) is 0 Å². The van der Waals surface area contributed by atoms with Gasteiger partial charge in [-0.2, -0.15) is 0 Å². The number of esters is 1. The van der Waals surface area contributed by atoms with Crippen LogP contribution in [0.25, 0.3) is 0 Å². The molecule has 0 aromatic rings. The molecule has 96 valence electrons. The van der Waals surface area contributed by atoms with E-state index in [1.165, 1.54) is 7.11 Å². The summed E-state index contributed by atoms with van der Waals surface area (Å²) in [7, 11) is 1.36. The van der Waals surface area contributed by atoms with Crippen molar-refractivity contribution < 1.29 is 9.53 Å². The lowest BCUT2D eigenvalue weighted by atomic mass is 10.1. The van der Waals surface area contributed by atoms with Gasteiger partial charge in [0.15, 0.2) is 5.96 Å². The monoisotopic (exact) mass is 343 g/mol. The van der Waals surface area contributed by atoms with E-state index in [4.69, 9.17) is 5.73 Å². The average molecular weight is 343 g/mol. The minimum absolute atomic E-state index is 0. The minimum Gasteiger partial charge on any atom is -0.469 e. The Labute approximate surface area is 114 Å². The molecular formula is C10H22IN3O2. The van der Waals surface area contributed by atoms with E-state index in [1.807, 2.05) is 20.8 Å². The Balaban J connectivity index is 0. The number of halogens is 1. The maximum atomic E-state index is 11.1. The number of hydrogen-bond acceptors (Lipinski definition) is 3. The molecule has 0 fully saturated rings. The largest absolute Gasteiger partial charge is 0.469 e. The van der Waals surface area contributed by atoms with Crippen LogP contribution in [-0.2, 0) is 9.53 Å². The Morgan fingerprint density at radius 2 is 2.00 bits per heavy atom. The fraction of sp³-hybridized carbons (Fsp3) is 0.800. The number of guanidine groups is 1. The fourth-order valence-corrected chi connectivity index (χ4v) is 0.935. The molecule has 0 bridgehead atoms. The molecular weight excluding hydrogens is 321 g/mol. The second-order valence-corrected chi connectivity index (χ2v) is 4.53. The normalized spacial score (nSPS) is 13.7. The number of ether oxygens (including phenoxy) is 1. The van der Waals surface area contributed by atoms with Gasteiger partial charge in [-0.1, -0.05) is 6.92 Å². The van der Waals surface area contributed by atoms with E-state index >= 15 is 0 Å². The first kappa shape index (κ1) is 17.9. The Morgan fingerprint density at radius 1 is 1.50 bits per heavy atom. The number of carbonyl (C=O) groups excluding carboxylic acids is 1. The second-order valence-electron chi connectivity index (χ2n) is 4.53. The van der Waals surface area contributed by atoms with Gasteiger partial charge in [-0.25, -0.2) is 0 Å². The molecule has 1 unspecified atom stereocenters. The second kappa shape index (κ2) is 7.70. The molecule has 0 heterocycles. The summed E-state index contributed by atoms with van der Waals surface area (Å²) in [6.45, 7) is 8.04. The third kappa shape index (κ3) is 8.75. The average Bonchev–Trinajstić information content (AvgIpc) is 2.10. The topological polar surface area (TPSA) is 76.7 Å². The van der Waals surface area contributed by atoms with Crippen LogP contribution >= 0.6 is 24.0 Å². The zero-order valence-electron chi connectivity index (χ0n) is 10.5. The molecule has 0 aliphatic carbocycles. The first-order valence-corrected chi connectivity index (χ1v) is 4.92. The summed E-state index contributed by atoms with van der Waals surface area (Å²) in [6, 6.07) is 0. The van der Waals surface area contributed by atoms with Crippen molar-refractivity contribution in [1.82, 2.24) is 5.32 Å². The predicted octanol–water partition coefficient (Wildman–Crippen LogP) is 1.12.